The summed E-state index contributed by atoms with van der Waals surface area (Å²) in [6.07, 6.45) is 0.503. The molecular weight excluding hydrogens is 357 g/mol. The van der Waals surface area contributed by atoms with Gasteiger partial charge in [-0.25, -0.2) is 12.8 Å². The third-order valence-corrected chi connectivity index (χ3v) is 6.13. The highest BCUT2D eigenvalue weighted by Crippen LogP contribution is 2.19. The fourth-order valence-electron chi connectivity index (χ4n) is 2.18. The number of benzene rings is 1. The van der Waals surface area contributed by atoms with E-state index < -0.39 is 34.4 Å². The van der Waals surface area contributed by atoms with Gasteiger partial charge in [0.1, 0.15) is 5.82 Å². The Balaban J connectivity index is 1.60. The van der Waals surface area contributed by atoms with Crippen LogP contribution in [0, 0.1) is 5.82 Å². The molecule has 1 fully saturated rings. The third kappa shape index (κ3) is 6.48. The van der Waals surface area contributed by atoms with Crippen molar-refractivity contribution in [3.8, 4) is 0 Å². The normalized spacial score (nSPS) is 19.0. The Morgan fingerprint density at radius 2 is 2.00 bits per heavy atom. The van der Waals surface area contributed by atoms with E-state index in [4.69, 9.17) is 4.74 Å². The number of nitrogens with one attached hydrogen (secondary N) is 1. The maximum Gasteiger partial charge on any atom is 0.307 e. The number of amides is 1. The molecule has 1 aliphatic heterocycles. The van der Waals surface area contributed by atoms with Crippen molar-refractivity contribution in [1.82, 2.24) is 5.32 Å². The predicted octanol–water partition coefficient (Wildman–Crippen LogP) is 1.15. The molecule has 0 spiro atoms. The van der Waals surface area contributed by atoms with Crippen LogP contribution in [0.2, 0.25) is 0 Å². The molecule has 0 bridgehead atoms. The molecule has 0 aliphatic carbocycles. The summed E-state index contributed by atoms with van der Waals surface area (Å²) in [6.45, 7) is -0.420. The van der Waals surface area contributed by atoms with Crippen LogP contribution in [-0.4, -0.2) is 50.2 Å². The summed E-state index contributed by atoms with van der Waals surface area (Å²) >= 11 is 1.38. The summed E-state index contributed by atoms with van der Waals surface area (Å²) in [5.74, 6) is -0.887. The lowest BCUT2D eigenvalue weighted by molar-refractivity contribution is -0.148. The van der Waals surface area contributed by atoms with Crippen molar-refractivity contribution in [2.24, 2.45) is 0 Å². The summed E-state index contributed by atoms with van der Waals surface area (Å²) in [4.78, 5) is 24.0. The molecular formula is C15H18FNO5S2. The van der Waals surface area contributed by atoms with Crippen molar-refractivity contribution in [1.29, 1.82) is 0 Å². The predicted molar refractivity (Wildman–Crippen MR) is 87.9 cm³/mol. The Morgan fingerprint density at radius 3 is 2.62 bits per heavy atom. The first kappa shape index (κ1) is 18.7. The van der Waals surface area contributed by atoms with Gasteiger partial charge >= 0.3 is 5.97 Å². The molecule has 6 nitrogen and oxygen atoms in total. The van der Waals surface area contributed by atoms with Gasteiger partial charge < -0.3 is 10.1 Å². The Labute approximate surface area is 144 Å². The van der Waals surface area contributed by atoms with Crippen molar-refractivity contribution in [2.45, 2.75) is 23.8 Å². The zero-order chi connectivity index (χ0) is 17.6. The number of sulfone groups is 1. The van der Waals surface area contributed by atoms with Gasteiger partial charge in [0.2, 0.25) is 0 Å². The molecule has 1 N–H and O–H groups in total. The van der Waals surface area contributed by atoms with Gasteiger partial charge in [-0.15, -0.1) is 11.8 Å². The fraction of sp³-hybridized carbons (Fsp3) is 0.467. The lowest BCUT2D eigenvalue weighted by Gasteiger charge is -2.11. The summed E-state index contributed by atoms with van der Waals surface area (Å²) in [5, 5.41) is 2.54. The molecule has 2 rings (SSSR count). The van der Waals surface area contributed by atoms with Gasteiger partial charge in [0.15, 0.2) is 16.4 Å². The van der Waals surface area contributed by atoms with Crippen molar-refractivity contribution in [3.05, 3.63) is 30.1 Å². The number of hydrogen-bond donors (Lipinski definition) is 1. The van der Waals surface area contributed by atoms with Gasteiger partial charge in [-0.3, -0.25) is 9.59 Å². The SMILES string of the molecule is O=C(COC(=O)CCSc1ccc(F)cc1)N[C@H]1CCS(=O)(=O)C1. The van der Waals surface area contributed by atoms with Crippen LogP contribution in [0.25, 0.3) is 0 Å². The molecule has 1 amide bonds. The summed E-state index contributed by atoms with van der Waals surface area (Å²) < 4.78 is 40.2. The van der Waals surface area contributed by atoms with Crippen LogP contribution in [0.15, 0.2) is 29.2 Å². The van der Waals surface area contributed by atoms with Gasteiger partial charge in [-0.2, -0.15) is 0 Å². The number of halogens is 1. The van der Waals surface area contributed by atoms with Crippen molar-refractivity contribution in [3.63, 3.8) is 0 Å². The number of thioether (sulfide) groups is 1. The van der Waals surface area contributed by atoms with E-state index >= 15 is 0 Å². The average molecular weight is 375 g/mol. The molecule has 0 radical (unpaired) electrons. The summed E-state index contributed by atoms with van der Waals surface area (Å²) in [5.41, 5.74) is 0. The Kier molecular flexibility index (Phi) is 6.61. The first-order valence-electron chi connectivity index (χ1n) is 7.38. The smallest absolute Gasteiger partial charge is 0.307 e. The molecule has 1 aliphatic rings. The molecule has 0 unspecified atom stereocenters. The molecule has 1 heterocycles. The Bertz CT molecular complexity index is 690. The van der Waals surface area contributed by atoms with Crippen LogP contribution in [0.4, 0.5) is 4.39 Å². The molecule has 9 heteroatoms. The summed E-state index contributed by atoms with van der Waals surface area (Å²) in [7, 11) is -3.06. The number of esters is 1. The number of carbonyl (C=O) groups is 2. The highest BCUT2D eigenvalue weighted by molar-refractivity contribution is 7.99. The first-order valence-corrected chi connectivity index (χ1v) is 10.2. The van der Waals surface area contributed by atoms with E-state index in [1.54, 1.807) is 12.1 Å². The molecule has 1 aromatic rings. The van der Waals surface area contributed by atoms with Gasteiger partial charge in [0, 0.05) is 16.7 Å². The molecule has 0 saturated carbocycles. The lowest BCUT2D eigenvalue weighted by atomic mass is 10.2. The zero-order valence-corrected chi connectivity index (χ0v) is 14.5. The summed E-state index contributed by atoms with van der Waals surface area (Å²) in [6, 6.07) is 5.51. The van der Waals surface area contributed by atoms with Crippen molar-refractivity contribution >= 4 is 33.5 Å². The minimum absolute atomic E-state index is 0.0678. The van der Waals surface area contributed by atoms with Crippen molar-refractivity contribution in [2.75, 3.05) is 23.9 Å². The van der Waals surface area contributed by atoms with Crippen LogP contribution in [0.3, 0.4) is 0 Å². The molecule has 1 atom stereocenters. The van der Waals surface area contributed by atoms with E-state index in [1.807, 2.05) is 0 Å². The molecule has 132 valence electrons. The van der Waals surface area contributed by atoms with E-state index in [9.17, 15) is 22.4 Å². The van der Waals surface area contributed by atoms with Gasteiger partial charge in [0.25, 0.3) is 5.91 Å². The fourth-order valence-corrected chi connectivity index (χ4v) is 4.69. The van der Waals surface area contributed by atoms with E-state index in [0.29, 0.717) is 12.2 Å². The molecule has 24 heavy (non-hydrogen) atoms. The highest BCUT2D eigenvalue weighted by atomic mass is 32.2. The maximum absolute atomic E-state index is 12.7. The standard InChI is InChI=1S/C15H18FNO5S2/c16-11-1-3-13(4-2-11)23-7-5-15(19)22-9-14(18)17-12-6-8-24(20,21)10-12/h1-4,12H,5-10H2,(H,17,18)/t12-/m0/s1. The molecule has 1 aromatic carbocycles. The van der Waals surface area contributed by atoms with Crippen LogP contribution < -0.4 is 5.32 Å². The second-order valence-corrected chi connectivity index (χ2v) is 8.78. The third-order valence-electron chi connectivity index (χ3n) is 3.35. The zero-order valence-electron chi connectivity index (χ0n) is 12.9. The first-order chi connectivity index (χ1) is 11.3. The Morgan fingerprint density at radius 1 is 1.29 bits per heavy atom. The lowest BCUT2D eigenvalue weighted by Crippen LogP contribution is -2.38. The quantitative estimate of drug-likeness (QED) is 0.568. The molecule has 1 saturated heterocycles. The van der Waals surface area contributed by atoms with E-state index in [1.165, 1.54) is 23.9 Å². The van der Waals surface area contributed by atoms with Crippen LogP contribution in [-0.2, 0) is 24.2 Å². The minimum Gasteiger partial charge on any atom is -0.456 e. The van der Waals surface area contributed by atoms with E-state index in [2.05, 4.69) is 5.32 Å². The van der Waals surface area contributed by atoms with Crippen LogP contribution in [0.1, 0.15) is 12.8 Å². The second kappa shape index (κ2) is 8.48. The molecule has 0 aromatic heterocycles. The second-order valence-electron chi connectivity index (χ2n) is 5.38. The largest absolute Gasteiger partial charge is 0.456 e. The van der Waals surface area contributed by atoms with Gasteiger partial charge in [0.05, 0.1) is 17.9 Å². The van der Waals surface area contributed by atoms with Crippen molar-refractivity contribution < 1.29 is 27.1 Å². The number of hydrogen-bond acceptors (Lipinski definition) is 6. The monoisotopic (exact) mass is 375 g/mol. The number of carbonyl (C=O) groups excluding carboxylic acids is 2. The number of rotatable bonds is 7. The van der Waals surface area contributed by atoms with Gasteiger partial charge in [-0.05, 0) is 30.7 Å². The Hall–Kier alpha value is -1.61. The minimum atomic E-state index is -3.06. The highest BCUT2D eigenvalue weighted by Gasteiger charge is 2.28. The van der Waals surface area contributed by atoms with Crippen LogP contribution >= 0.6 is 11.8 Å². The maximum atomic E-state index is 12.7. The van der Waals surface area contributed by atoms with E-state index in [0.717, 1.165) is 4.90 Å². The number of ether oxygens (including phenoxy) is 1. The van der Waals surface area contributed by atoms with E-state index in [-0.39, 0.29) is 23.7 Å². The van der Waals surface area contributed by atoms with Crippen LogP contribution in [0.5, 0.6) is 0 Å². The topological polar surface area (TPSA) is 89.5 Å². The van der Waals surface area contributed by atoms with Gasteiger partial charge in [-0.1, -0.05) is 0 Å². The average Bonchev–Trinajstić information content (AvgIpc) is 2.86.